The summed E-state index contributed by atoms with van der Waals surface area (Å²) < 4.78 is 3.70. The van der Waals surface area contributed by atoms with Crippen molar-refractivity contribution in [1.82, 2.24) is 0 Å². The smallest absolute Gasteiger partial charge is 0.380 e. The molecule has 0 aliphatic carbocycles. The minimum absolute atomic E-state index is 0.0861. The second-order valence-electron chi connectivity index (χ2n) is 3.77. The second-order valence-corrected chi connectivity index (χ2v) is 7.13. The first-order valence-corrected chi connectivity index (χ1v) is 6.37. The lowest BCUT2D eigenvalue weighted by Gasteiger charge is -2.11. The minimum Gasteiger partial charge on any atom is -0.380 e. The Morgan fingerprint density at radius 1 is 1.75 bits per heavy atom. The topological polar surface area (TPSA) is 90.8 Å². The van der Waals surface area contributed by atoms with Gasteiger partial charge in [-0.15, -0.1) is 0 Å². The van der Waals surface area contributed by atoms with Gasteiger partial charge in [-0.2, -0.15) is 0 Å². The summed E-state index contributed by atoms with van der Waals surface area (Å²) in [7, 11) is 0. The summed E-state index contributed by atoms with van der Waals surface area (Å²) in [6.07, 6.45) is 1.14. The summed E-state index contributed by atoms with van der Waals surface area (Å²) in [6.45, 7) is 3.07. The molecule has 1 fully saturated rings. The van der Waals surface area contributed by atoms with Gasteiger partial charge in [0.25, 0.3) is 0 Å². The number of nitrogens with two attached hydrogens (primary N) is 1. The molecule has 6 nitrogen and oxygen atoms in total. The van der Waals surface area contributed by atoms with E-state index in [2.05, 4.69) is 36.9 Å². The molecule has 0 aromatic heterocycles. The van der Waals surface area contributed by atoms with Crippen LogP contribution in [0.3, 0.4) is 0 Å². The Morgan fingerprint density at radius 2 is 2.38 bits per heavy atom. The molecule has 2 atom stereocenters. The third kappa shape index (κ3) is 3.39. The molecule has 2 unspecified atom stereocenters. The molecule has 0 amide bonds. The molecule has 0 bridgehead atoms. The maximum atomic E-state index is 10.6. The van der Waals surface area contributed by atoms with E-state index in [1.807, 2.05) is 6.92 Å². The van der Waals surface area contributed by atoms with Crippen molar-refractivity contribution in [2.45, 2.75) is 22.8 Å². The molecule has 2 N–H and O–H groups in total. The van der Waals surface area contributed by atoms with E-state index >= 15 is 0 Å². The SMILES string of the molecule is CC1CC(CN=C(N)C(Br)(Br)[N+](=O)[O-])CO1. The largest absolute Gasteiger partial charge is 0.382 e. The zero-order valence-electron chi connectivity index (χ0n) is 8.73. The van der Waals surface area contributed by atoms with Crippen LogP contribution >= 0.6 is 31.9 Å². The van der Waals surface area contributed by atoms with E-state index < -0.39 is 8.28 Å². The Hall–Kier alpha value is -0.210. The number of aliphatic imine (C=N–C) groups is 1. The highest BCUT2D eigenvalue weighted by Crippen LogP contribution is 2.27. The molecule has 1 saturated heterocycles. The third-order valence-electron chi connectivity index (χ3n) is 2.34. The zero-order chi connectivity index (χ0) is 12.3. The quantitative estimate of drug-likeness (QED) is 0.206. The summed E-state index contributed by atoms with van der Waals surface area (Å²) in [5.74, 6) is 0.202. The Labute approximate surface area is 110 Å². The van der Waals surface area contributed by atoms with Crippen LogP contribution in [0.2, 0.25) is 0 Å². The van der Waals surface area contributed by atoms with Crippen LogP contribution in [0.5, 0.6) is 0 Å². The maximum Gasteiger partial charge on any atom is 0.382 e. The van der Waals surface area contributed by atoms with E-state index in [0.29, 0.717) is 13.2 Å². The van der Waals surface area contributed by atoms with Crippen LogP contribution in [0.1, 0.15) is 13.3 Å². The molecule has 8 heteroatoms. The number of alkyl halides is 2. The second kappa shape index (κ2) is 5.42. The number of rotatable bonds is 4. The summed E-state index contributed by atoms with van der Waals surface area (Å²) in [5, 5.41) is 10.6. The highest BCUT2D eigenvalue weighted by Gasteiger charge is 2.41. The number of hydrogen-bond donors (Lipinski definition) is 1. The first-order valence-electron chi connectivity index (χ1n) is 4.78. The van der Waals surface area contributed by atoms with E-state index in [-0.39, 0.29) is 17.9 Å². The van der Waals surface area contributed by atoms with Gasteiger partial charge in [-0.05, 0) is 13.3 Å². The Morgan fingerprint density at radius 3 is 2.81 bits per heavy atom. The zero-order valence-corrected chi connectivity index (χ0v) is 11.9. The van der Waals surface area contributed by atoms with Crippen molar-refractivity contribution < 1.29 is 9.66 Å². The number of hydrogen-bond acceptors (Lipinski definition) is 4. The fraction of sp³-hybridized carbons (Fsp3) is 0.875. The molecule has 0 saturated carbocycles. The van der Waals surface area contributed by atoms with Gasteiger partial charge >= 0.3 is 3.36 Å². The molecular formula is C8H13Br2N3O3. The van der Waals surface area contributed by atoms with Gasteiger partial charge in [0.1, 0.15) is 0 Å². The average molecular weight is 359 g/mol. The van der Waals surface area contributed by atoms with Crippen molar-refractivity contribution in [2.75, 3.05) is 13.2 Å². The molecule has 0 spiro atoms. The van der Waals surface area contributed by atoms with E-state index in [0.717, 1.165) is 6.42 Å². The fourth-order valence-corrected chi connectivity index (χ4v) is 1.70. The highest BCUT2D eigenvalue weighted by molar-refractivity contribution is 9.25. The van der Waals surface area contributed by atoms with Gasteiger partial charge in [0.15, 0.2) is 5.84 Å². The van der Waals surface area contributed by atoms with Crippen LogP contribution in [0.25, 0.3) is 0 Å². The summed E-state index contributed by atoms with van der Waals surface area (Å²) in [4.78, 5) is 14.1. The van der Waals surface area contributed by atoms with Crippen LogP contribution in [-0.4, -0.2) is 33.4 Å². The predicted octanol–water partition coefficient (Wildman–Crippen LogP) is 1.49. The van der Waals surface area contributed by atoms with Gasteiger partial charge in [-0.1, -0.05) is 0 Å². The molecule has 0 radical (unpaired) electrons. The number of nitrogens with zero attached hydrogens (tertiary/aromatic N) is 2. The summed E-state index contributed by atoms with van der Waals surface area (Å²) >= 11 is 5.73. The van der Waals surface area contributed by atoms with Crippen LogP contribution in [0.15, 0.2) is 4.99 Å². The average Bonchev–Trinajstić information content (AvgIpc) is 2.60. The molecule has 1 aliphatic rings. The van der Waals surface area contributed by atoms with Crippen molar-refractivity contribution >= 4 is 37.7 Å². The first-order chi connectivity index (χ1) is 7.34. The van der Waals surface area contributed by atoms with Crippen molar-refractivity contribution in [2.24, 2.45) is 16.6 Å². The van der Waals surface area contributed by atoms with Crippen LogP contribution in [0, 0.1) is 16.0 Å². The Kier molecular flexibility index (Phi) is 4.69. The van der Waals surface area contributed by atoms with E-state index in [9.17, 15) is 10.1 Å². The lowest BCUT2D eigenvalue weighted by Crippen LogP contribution is -2.40. The lowest BCUT2D eigenvalue weighted by molar-refractivity contribution is -0.485. The number of amidine groups is 1. The summed E-state index contributed by atoms with van der Waals surface area (Å²) in [6, 6.07) is 0. The number of nitro groups is 1. The van der Waals surface area contributed by atoms with Crippen molar-refractivity contribution in [3.8, 4) is 0 Å². The fourth-order valence-electron chi connectivity index (χ4n) is 1.45. The van der Waals surface area contributed by atoms with Crippen molar-refractivity contribution in [1.29, 1.82) is 0 Å². The van der Waals surface area contributed by atoms with Gasteiger partial charge in [0.05, 0.1) is 17.6 Å². The first kappa shape index (κ1) is 13.9. The van der Waals surface area contributed by atoms with Crippen molar-refractivity contribution in [3.05, 3.63) is 10.1 Å². The molecule has 1 heterocycles. The van der Waals surface area contributed by atoms with Crippen molar-refractivity contribution in [3.63, 3.8) is 0 Å². The number of ether oxygens (including phenoxy) is 1. The summed E-state index contributed by atoms with van der Waals surface area (Å²) in [5.41, 5.74) is 5.54. The third-order valence-corrected chi connectivity index (χ3v) is 3.73. The van der Waals surface area contributed by atoms with Gasteiger partial charge in [0.2, 0.25) is 0 Å². The van der Waals surface area contributed by atoms with E-state index in [1.54, 1.807) is 0 Å². The monoisotopic (exact) mass is 357 g/mol. The predicted molar refractivity (Wildman–Crippen MR) is 67.6 cm³/mol. The van der Waals surface area contributed by atoms with Crippen LogP contribution in [-0.2, 0) is 4.74 Å². The molecule has 1 rings (SSSR count). The van der Waals surface area contributed by atoms with Gasteiger partial charge in [0, 0.05) is 44.3 Å². The molecule has 0 aromatic rings. The number of halogens is 2. The molecular weight excluding hydrogens is 346 g/mol. The van der Waals surface area contributed by atoms with Crippen LogP contribution in [0.4, 0.5) is 0 Å². The molecule has 92 valence electrons. The standard InChI is InChI=1S/C8H13Br2N3O3/c1-5-2-6(4-16-5)3-12-7(11)8(9,10)13(14)15/h5-6H,2-4H2,1H3,(H2,11,12). The Balaban J connectivity index is 2.54. The normalized spacial score (nSPS) is 27.1. The minimum atomic E-state index is -1.66. The maximum absolute atomic E-state index is 10.6. The van der Waals surface area contributed by atoms with E-state index in [1.165, 1.54) is 0 Å². The highest BCUT2D eigenvalue weighted by atomic mass is 79.9. The molecule has 1 aliphatic heterocycles. The van der Waals surface area contributed by atoms with Crippen LogP contribution < -0.4 is 5.73 Å². The Bertz CT molecular complexity index is 309. The molecule has 16 heavy (non-hydrogen) atoms. The molecule has 0 aromatic carbocycles. The van der Waals surface area contributed by atoms with E-state index in [4.69, 9.17) is 10.5 Å². The van der Waals surface area contributed by atoms with Gasteiger partial charge < -0.3 is 10.5 Å². The van der Waals surface area contributed by atoms with Gasteiger partial charge in [-0.3, -0.25) is 15.1 Å². The van der Waals surface area contributed by atoms with Gasteiger partial charge in [-0.25, -0.2) is 0 Å². The lowest BCUT2D eigenvalue weighted by atomic mass is 10.1.